The van der Waals surface area contributed by atoms with Gasteiger partial charge < -0.3 is 34.6 Å². The Labute approximate surface area is 241 Å². The van der Waals surface area contributed by atoms with Crippen LogP contribution in [0.15, 0.2) is 42.0 Å². The summed E-state index contributed by atoms with van der Waals surface area (Å²) >= 11 is 12.3. The number of aldehydes is 1. The molecular formula is C28H30Cl2N2O8. The Hall–Kier alpha value is -3.15. The quantitative estimate of drug-likeness (QED) is 0.339. The number of aliphatic hydroxyl groups excluding tert-OH is 2. The average Bonchev–Trinajstić information content (AvgIpc) is 3.35. The highest BCUT2D eigenvalue weighted by atomic mass is 35.5. The van der Waals surface area contributed by atoms with Crippen LogP contribution < -0.4 is 14.8 Å². The Morgan fingerprint density at radius 3 is 2.62 bits per heavy atom. The van der Waals surface area contributed by atoms with E-state index in [2.05, 4.69) is 5.32 Å². The van der Waals surface area contributed by atoms with E-state index in [1.807, 2.05) is 0 Å². The van der Waals surface area contributed by atoms with Gasteiger partial charge in [0, 0.05) is 36.4 Å². The lowest BCUT2D eigenvalue weighted by Crippen LogP contribution is -2.56. The molecule has 40 heavy (non-hydrogen) atoms. The Bertz CT molecular complexity index is 1320. The average molecular weight is 593 g/mol. The van der Waals surface area contributed by atoms with E-state index >= 15 is 0 Å². The number of hydrogen-bond donors (Lipinski definition) is 3. The lowest BCUT2D eigenvalue weighted by Gasteiger charge is -2.40. The fraction of sp³-hybridized carbons (Fsp3) is 0.393. The molecule has 4 rings (SSSR count). The summed E-state index contributed by atoms with van der Waals surface area (Å²) in [6, 6.07) is 7.02. The summed E-state index contributed by atoms with van der Waals surface area (Å²) in [7, 11) is 1.42. The van der Waals surface area contributed by atoms with Crippen molar-refractivity contribution in [2.24, 2.45) is 0 Å². The molecule has 0 radical (unpaired) electrons. The zero-order valence-corrected chi connectivity index (χ0v) is 23.4. The molecule has 0 saturated heterocycles. The smallest absolute Gasteiger partial charge is 0.249 e. The topological polar surface area (TPSA) is 135 Å². The molecule has 2 amide bonds. The van der Waals surface area contributed by atoms with Crippen LogP contribution in [0.3, 0.4) is 0 Å². The molecule has 0 bridgehead atoms. The first-order valence-corrected chi connectivity index (χ1v) is 13.4. The highest BCUT2D eigenvalue weighted by molar-refractivity contribution is 6.42. The third-order valence-corrected chi connectivity index (χ3v) is 7.60. The van der Waals surface area contributed by atoms with Gasteiger partial charge in [0.15, 0.2) is 11.5 Å². The third-order valence-electron chi connectivity index (χ3n) is 6.86. The number of methoxy groups -OCH3 is 1. The number of amides is 2. The molecule has 1 aliphatic heterocycles. The van der Waals surface area contributed by atoms with E-state index in [1.54, 1.807) is 31.2 Å². The van der Waals surface area contributed by atoms with Crippen LogP contribution in [0.25, 0.3) is 0 Å². The molecule has 3 N–H and O–H groups in total. The Balaban J connectivity index is 1.82. The standard InChI is InChI=1S/C28H30Cl2N2O8/c1-3-39-14-23(35)32(12-15-4-5-19(29)20(30)9-15)21-11-18(28(37)31-6-7-33)24-17-8-16(13-34)10-22(38-2)26(17)40-27(24)25(21)36/h4-5,8-11,13,21,24-25,27,33,36H,3,6-7,12,14H2,1-2H3,(H,31,37)/t21-,24+,25+,27+/m1/s1. The molecule has 2 aliphatic rings. The summed E-state index contributed by atoms with van der Waals surface area (Å²) in [6.07, 6.45) is -0.103. The fourth-order valence-electron chi connectivity index (χ4n) is 5.03. The van der Waals surface area contributed by atoms with Gasteiger partial charge in [0.1, 0.15) is 25.1 Å². The normalized spacial score (nSPS) is 21.0. The SMILES string of the molecule is CCOCC(=O)N(Cc1ccc(Cl)c(Cl)c1)[C@@H]1C=C(C(=O)NCCO)[C@@H]2c3cc(C=O)cc(OC)c3O[C@@H]2[C@H]1O. The van der Waals surface area contributed by atoms with Gasteiger partial charge in [-0.2, -0.15) is 0 Å². The Morgan fingerprint density at radius 1 is 1.20 bits per heavy atom. The highest BCUT2D eigenvalue weighted by Crippen LogP contribution is 2.51. The predicted molar refractivity (Wildman–Crippen MR) is 147 cm³/mol. The Morgan fingerprint density at radius 2 is 1.98 bits per heavy atom. The summed E-state index contributed by atoms with van der Waals surface area (Å²) in [5, 5.41) is 24.3. The summed E-state index contributed by atoms with van der Waals surface area (Å²) in [4.78, 5) is 39.8. The van der Waals surface area contributed by atoms with Gasteiger partial charge in [0.2, 0.25) is 11.8 Å². The number of carbonyl (C=O) groups is 3. The van der Waals surface area contributed by atoms with Gasteiger partial charge in [-0.25, -0.2) is 0 Å². The van der Waals surface area contributed by atoms with Gasteiger partial charge in [-0.3, -0.25) is 14.4 Å². The van der Waals surface area contributed by atoms with Crippen molar-refractivity contribution in [1.29, 1.82) is 0 Å². The van der Waals surface area contributed by atoms with Crippen molar-refractivity contribution in [1.82, 2.24) is 10.2 Å². The molecule has 1 aliphatic carbocycles. The molecular weight excluding hydrogens is 563 g/mol. The number of ether oxygens (including phenoxy) is 3. The largest absolute Gasteiger partial charge is 0.493 e. The number of halogens is 2. The lowest BCUT2D eigenvalue weighted by molar-refractivity contribution is -0.142. The molecule has 4 atom stereocenters. The Kier molecular flexibility index (Phi) is 9.70. The minimum atomic E-state index is -1.29. The van der Waals surface area contributed by atoms with E-state index in [0.717, 1.165) is 0 Å². The summed E-state index contributed by atoms with van der Waals surface area (Å²) in [5.41, 5.74) is 1.65. The predicted octanol–water partition coefficient (Wildman–Crippen LogP) is 2.50. The minimum Gasteiger partial charge on any atom is -0.493 e. The number of rotatable bonds is 11. The number of aliphatic hydroxyl groups is 2. The number of carbonyl (C=O) groups excluding carboxylic acids is 3. The molecule has 0 fully saturated rings. The van der Waals surface area contributed by atoms with E-state index in [-0.39, 0.29) is 37.6 Å². The molecule has 0 aromatic heterocycles. The van der Waals surface area contributed by atoms with Gasteiger partial charge >= 0.3 is 0 Å². The van der Waals surface area contributed by atoms with Crippen LogP contribution in [0.4, 0.5) is 0 Å². The maximum atomic E-state index is 13.4. The zero-order chi connectivity index (χ0) is 29.0. The number of hydrogen-bond acceptors (Lipinski definition) is 8. The second-order valence-electron chi connectivity index (χ2n) is 9.31. The van der Waals surface area contributed by atoms with E-state index in [1.165, 1.54) is 24.2 Å². The van der Waals surface area contributed by atoms with Gasteiger partial charge in [-0.05, 0) is 42.8 Å². The van der Waals surface area contributed by atoms with E-state index in [4.69, 9.17) is 37.4 Å². The molecule has 1 heterocycles. The van der Waals surface area contributed by atoms with Crippen molar-refractivity contribution >= 4 is 41.3 Å². The van der Waals surface area contributed by atoms with Gasteiger partial charge in [-0.15, -0.1) is 0 Å². The van der Waals surface area contributed by atoms with Crippen molar-refractivity contribution in [3.05, 3.63) is 68.7 Å². The first-order chi connectivity index (χ1) is 19.2. The van der Waals surface area contributed by atoms with Crippen molar-refractivity contribution < 1.29 is 38.8 Å². The summed E-state index contributed by atoms with van der Waals surface area (Å²) in [5.74, 6) is -1.16. The molecule has 2 aromatic carbocycles. The molecule has 10 nitrogen and oxygen atoms in total. The number of benzene rings is 2. The summed E-state index contributed by atoms with van der Waals surface area (Å²) < 4.78 is 17.0. The van der Waals surface area contributed by atoms with Crippen LogP contribution >= 0.6 is 23.2 Å². The first-order valence-electron chi connectivity index (χ1n) is 12.7. The van der Waals surface area contributed by atoms with E-state index in [9.17, 15) is 24.6 Å². The maximum Gasteiger partial charge on any atom is 0.249 e. The van der Waals surface area contributed by atoms with Crippen LogP contribution in [0.2, 0.25) is 10.0 Å². The van der Waals surface area contributed by atoms with Crippen LogP contribution in [0, 0.1) is 0 Å². The van der Waals surface area contributed by atoms with Crippen molar-refractivity contribution in [3.8, 4) is 11.5 Å². The van der Waals surface area contributed by atoms with E-state index in [0.29, 0.717) is 45.4 Å². The van der Waals surface area contributed by atoms with Crippen molar-refractivity contribution in [3.63, 3.8) is 0 Å². The maximum absolute atomic E-state index is 13.4. The number of nitrogens with zero attached hydrogens (tertiary/aromatic N) is 1. The van der Waals surface area contributed by atoms with Crippen LogP contribution in [-0.4, -0.2) is 84.9 Å². The monoisotopic (exact) mass is 592 g/mol. The fourth-order valence-corrected chi connectivity index (χ4v) is 5.35. The second-order valence-corrected chi connectivity index (χ2v) is 10.1. The van der Waals surface area contributed by atoms with Crippen LogP contribution in [0.1, 0.15) is 34.3 Å². The van der Waals surface area contributed by atoms with Crippen LogP contribution in [-0.2, 0) is 20.9 Å². The van der Waals surface area contributed by atoms with Gasteiger partial charge in [-0.1, -0.05) is 29.3 Å². The van der Waals surface area contributed by atoms with Gasteiger partial charge in [0.05, 0.1) is 35.7 Å². The molecule has 0 saturated carbocycles. The summed E-state index contributed by atoms with van der Waals surface area (Å²) in [6.45, 7) is 1.52. The number of nitrogens with one attached hydrogen (secondary N) is 1. The molecule has 2 aromatic rings. The van der Waals surface area contributed by atoms with Crippen LogP contribution in [0.5, 0.6) is 11.5 Å². The third kappa shape index (κ3) is 5.96. The highest BCUT2D eigenvalue weighted by Gasteiger charge is 2.51. The van der Waals surface area contributed by atoms with Crippen molar-refractivity contribution in [2.45, 2.75) is 37.6 Å². The second kappa shape index (κ2) is 13.0. The lowest BCUT2D eigenvalue weighted by atomic mass is 9.77. The molecule has 0 spiro atoms. The number of fused-ring (bicyclic) bond motifs is 3. The molecule has 214 valence electrons. The van der Waals surface area contributed by atoms with Crippen molar-refractivity contribution in [2.75, 3.05) is 33.5 Å². The zero-order valence-electron chi connectivity index (χ0n) is 21.9. The van der Waals surface area contributed by atoms with Gasteiger partial charge in [0.25, 0.3) is 0 Å². The molecule has 12 heteroatoms. The van der Waals surface area contributed by atoms with E-state index < -0.39 is 36.0 Å². The minimum absolute atomic E-state index is 0.0115. The molecule has 0 unspecified atom stereocenters. The first kappa shape index (κ1) is 29.8.